The fourth-order valence-electron chi connectivity index (χ4n) is 4.89. The van der Waals surface area contributed by atoms with Crippen molar-refractivity contribution in [2.24, 2.45) is 0 Å². The zero-order valence-electron chi connectivity index (χ0n) is 19.1. The Bertz CT molecular complexity index is 926. The summed E-state index contributed by atoms with van der Waals surface area (Å²) in [4.78, 5) is 19.2. The van der Waals surface area contributed by atoms with Gasteiger partial charge in [-0.3, -0.25) is 4.79 Å². The van der Waals surface area contributed by atoms with Gasteiger partial charge in [0.1, 0.15) is 0 Å². The first-order chi connectivity index (χ1) is 14.9. The molecule has 0 saturated carbocycles. The number of aliphatic hydroxyl groups is 1. The number of carbonyl (C=O) groups is 1. The van der Waals surface area contributed by atoms with Crippen LogP contribution < -0.4 is 9.80 Å². The number of hydrogen-bond acceptors (Lipinski definition) is 4. The van der Waals surface area contributed by atoms with Gasteiger partial charge < -0.3 is 19.8 Å². The molecule has 5 heteroatoms. The maximum Gasteiger partial charge on any atom is 0.227 e. The van der Waals surface area contributed by atoms with E-state index in [2.05, 4.69) is 47.1 Å². The van der Waals surface area contributed by atoms with Gasteiger partial charge in [0, 0.05) is 50.5 Å². The molecule has 2 fully saturated rings. The van der Waals surface area contributed by atoms with Crippen LogP contribution in [0.15, 0.2) is 42.5 Å². The summed E-state index contributed by atoms with van der Waals surface area (Å²) < 4.78 is 0. The second-order valence-electron chi connectivity index (χ2n) is 9.28. The Labute approximate surface area is 186 Å². The van der Waals surface area contributed by atoms with E-state index in [1.54, 1.807) is 0 Å². The van der Waals surface area contributed by atoms with Crippen LogP contribution in [0.3, 0.4) is 0 Å². The molecule has 5 nitrogen and oxygen atoms in total. The van der Waals surface area contributed by atoms with Crippen LogP contribution >= 0.6 is 0 Å². The van der Waals surface area contributed by atoms with E-state index in [9.17, 15) is 9.90 Å². The number of benzene rings is 2. The van der Waals surface area contributed by atoms with Crippen LogP contribution in [-0.2, 0) is 16.8 Å². The smallest absolute Gasteiger partial charge is 0.227 e. The fraction of sp³-hybridized carbons (Fsp3) is 0.500. The summed E-state index contributed by atoms with van der Waals surface area (Å²) in [6.45, 7) is 12.0. The van der Waals surface area contributed by atoms with Gasteiger partial charge in [-0.1, -0.05) is 31.2 Å². The van der Waals surface area contributed by atoms with Gasteiger partial charge in [0.15, 0.2) is 0 Å². The molecule has 0 aromatic heterocycles. The van der Waals surface area contributed by atoms with Crippen molar-refractivity contribution in [3.8, 4) is 0 Å². The monoisotopic (exact) mass is 421 g/mol. The van der Waals surface area contributed by atoms with Gasteiger partial charge in [0.2, 0.25) is 5.91 Å². The van der Waals surface area contributed by atoms with Gasteiger partial charge >= 0.3 is 0 Å². The van der Waals surface area contributed by atoms with Crippen molar-refractivity contribution in [2.45, 2.75) is 45.6 Å². The standard InChI is InChI=1S/C26H35N3O2/c1-4-27-14-16-28(17-15-27)24-9-6-5-8-20(24)18-21-19-22(29-13-7-10-25(29)30)11-12-23(21)26(2,3)31/h5-6,8-9,11-12,19,31H,4,7,10,13-18H2,1-3H3. The average molecular weight is 422 g/mol. The zero-order valence-corrected chi connectivity index (χ0v) is 19.1. The number of hydrogen-bond donors (Lipinski definition) is 1. The van der Waals surface area contributed by atoms with E-state index in [1.807, 2.05) is 30.9 Å². The molecule has 0 radical (unpaired) electrons. The number of amides is 1. The Morgan fingerprint density at radius 2 is 1.71 bits per heavy atom. The van der Waals surface area contributed by atoms with Crippen molar-refractivity contribution >= 4 is 17.3 Å². The van der Waals surface area contributed by atoms with Crippen molar-refractivity contribution < 1.29 is 9.90 Å². The van der Waals surface area contributed by atoms with Crippen molar-refractivity contribution in [3.63, 3.8) is 0 Å². The van der Waals surface area contributed by atoms with Crippen LogP contribution in [0.2, 0.25) is 0 Å². The quantitative estimate of drug-likeness (QED) is 0.771. The lowest BCUT2D eigenvalue weighted by Crippen LogP contribution is -2.46. The molecule has 0 atom stereocenters. The molecule has 2 aromatic carbocycles. The van der Waals surface area contributed by atoms with Crippen molar-refractivity contribution in [1.29, 1.82) is 0 Å². The Balaban J connectivity index is 1.66. The van der Waals surface area contributed by atoms with Crippen LogP contribution in [0, 0.1) is 0 Å². The largest absolute Gasteiger partial charge is 0.386 e. The lowest BCUT2D eigenvalue weighted by molar-refractivity contribution is -0.117. The molecule has 31 heavy (non-hydrogen) atoms. The highest BCUT2D eigenvalue weighted by molar-refractivity contribution is 5.95. The first-order valence-corrected chi connectivity index (χ1v) is 11.6. The van der Waals surface area contributed by atoms with E-state index in [-0.39, 0.29) is 5.91 Å². The summed E-state index contributed by atoms with van der Waals surface area (Å²) in [5.41, 5.74) is 4.56. The van der Waals surface area contributed by atoms with Crippen LogP contribution in [0.5, 0.6) is 0 Å². The van der Waals surface area contributed by atoms with Gasteiger partial charge in [0.25, 0.3) is 0 Å². The van der Waals surface area contributed by atoms with Gasteiger partial charge in [-0.15, -0.1) is 0 Å². The third-order valence-corrected chi connectivity index (χ3v) is 6.67. The third kappa shape index (κ3) is 4.78. The van der Waals surface area contributed by atoms with E-state index < -0.39 is 5.60 Å². The molecule has 0 bridgehead atoms. The maximum atomic E-state index is 12.3. The minimum Gasteiger partial charge on any atom is -0.386 e. The third-order valence-electron chi connectivity index (χ3n) is 6.67. The van der Waals surface area contributed by atoms with E-state index >= 15 is 0 Å². The molecule has 2 aromatic rings. The molecule has 2 aliphatic rings. The first-order valence-electron chi connectivity index (χ1n) is 11.6. The highest BCUT2D eigenvalue weighted by atomic mass is 16.3. The summed E-state index contributed by atoms with van der Waals surface area (Å²) in [6.07, 6.45) is 2.27. The number of piperazine rings is 1. The molecule has 0 unspecified atom stereocenters. The highest BCUT2D eigenvalue weighted by Crippen LogP contribution is 2.33. The minimum atomic E-state index is -0.940. The molecule has 0 spiro atoms. The van der Waals surface area contributed by atoms with Gasteiger partial charge in [0.05, 0.1) is 5.60 Å². The lowest BCUT2D eigenvalue weighted by atomic mass is 9.89. The number of likely N-dealkylation sites (N-methyl/N-ethyl adjacent to an activating group) is 1. The lowest BCUT2D eigenvalue weighted by Gasteiger charge is -2.36. The van der Waals surface area contributed by atoms with E-state index in [4.69, 9.17) is 0 Å². The van der Waals surface area contributed by atoms with E-state index in [0.717, 1.165) is 68.9 Å². The van der Waals surface area contributed by atoms with Crippen LogP contribution in [-0.4, -0.2) is 55.2 Å². The number of para-hydroxylation sites is 1. The molecular weight excluding hydrogens is 386 g/mol. The highest BCUT2D eigenvalue weighted by Gasteiger charge is 2.26. The topological polar surface area (TPSA) is 47.0 Å². The summed E-state index contributed by atoms with van der Waals surface area (Å²) >= 11 is 0. The minimum absolute atomic E-state index is 0.191. The number of carbonyl (C=O) groups excluding carboxylic acids is 1. The second kappa shape index (κ2) is 9.01. The van der Waals surface area contributed by atoms with Gasteiger partial charge in [-0.05, 0) is 68.1 Å². The molecule has 2 aliphatic heterocycles. The SMILES string of the molecule is CCN1CCN(c2ccccc2Cc2cc(N3CCCC3=O)ccc2C(C)(C)O)CC1. The number of anilines is 2. The molecule has 1 amide bonds. The molecule has 2 heterocycles. The van der Waals surface area contributed by atoms with Crippen LogP contribution in [0.1, 0.15) is 50.3 Å². The Morgan fingerprint density at radius 3 is 2.35 bits per heavy atom. The maximum absolute atomic E-state index is 12.3. The summed E-state index contributed by atoms with van der Waals surface area (Å²) in [6, 6.07) is 14.7. The summed E-state index contributed by atoms with van der Waals surface area (Å²) in [5, 5.41) is 10.8. The Hall–Kier alpha value is -2.37. The summed E-state index contributed by atoms with van der Waals surface area (Å²) in [5.74, 6) is 0.191. The normalized spacial score (nSPS) is 18.1. The Morgan fingerprint density at radius 1 is 0.968 bits per heavy atom. The van der Waals surface area contributed by atoms with Crippen LogP contribution in [0.25, 0.3) is 0 Å². The van der Waals surface area contributed by atoms with E-state index in [1.165, 1.54) is 11.3 Å². The van der Waals surface area contributed by atoms with E-state index in [0.29, 0.717) is 6.42 Å². The second-order valence-corrected chi connectivity index (χ2v) is 9.28. The molecular formula is C26H35N3O2. The van der Waals surface area contributed by atoms with Crippen LogP contribution in [0.4, 0.5) is 11.4 Å². The fourth-order valence-corrected chi connectivity index (χ4v) is 4.89. The molecule has 0 aliphatic carbocycles. The Kier molecular flexibility index (Phi) is 6.35. The predicted octanol–water partition coefficient (Wildman–Crippen LogP) is 3.77. The zero-order chi connectivity index (χ0) is 22.0. The molecule has 166 valence electrons. The summed E-state index contributed by atoms with van der Waals surface area (Å²) in [7, 11) is 0. The number of rotatable bonds is 6. The van der Waals surface area contributed by atoms with Crippen molar-refractivity contribution in [2.75, 3.05) is 49.1 Å². The average Bonchev–Trinajstić information content (AvgIpc) is 3.19. The van der Waals surface area contributed by atoms with Gasteiger partial charge in [-0.25, -0.2) is 0 Å². The van der Waals surface area contributed by atoms with Crippen molar-refractivity contribution in [3.05, 3.63) is 59.2 Å². The molecule has 4 rings (SSSR count). The molecule has 2 saturated heterocycles. The number of nitrogens with zero attached hydrogens (tertiary/aromatic N) is 3. The molecule has 1 N–H and O–H groups in total. The first kappa shape index (κ1) is 21.8. The van der Waals surface area contributed by atoms with Crippen molar-refractivity contribution in [1.82, 2.24) is 4.90 Å². The van der Waals surface area contributed by atoms with Gasteiger partial charge in [-0.2, -0.15) is 0 Å². The predicted molar refractivity (Wildman–Crippen MR) is 127 cm³/mol.